The molecule has 0 bridgehead atoms. The highest BCUT2D eigenvalue weighted by molar-refractivity contribution is 5.34. The second-order valence-electron chi connectivity index (χ2n) is 3.52. The van der Waals surface area contributed by atoms with E-state index in [0.29, 0.717) is 12.4 Å². The van der Waals surface area contributed by atoms with E-state index in [4.69, 9.17) is 5.73 Å². The van der Waals surface area contributed by atoms with Crippen molar-refractivity contribution in [2.45, 2.75) is 13.0 Å². The number of aryl methyl sites for hydroxylation is 1. The zero-order valence-electron chi connectivity index (χ0n) is 8.77. The fourth-order valence-corrected chi connectivity index (χ4v) is 1.26. The van der Waals surface area contributed by atoms with Gasteiger partial charge >= 0.3 is 0 Å². The van der Waals surface area contributed by atoms with Crippen molar-refractivity contribution in [1.29, 1.82) is 0 Å². The van der Waals surface area contributed by atoms with Crippen LogP contribution in [0.2, 0.25) is 0 Å². The first kappa shape index (κ1) is 10.7. The van der Waals surface area contributed by atoms with Gasteiger partial charge in [0.1, 0.15) is 0 Å². The maximum atomic E-state index is 11.6. The van der Waals surface area contributed by atoms with E-state index in [1.54, 1.807) is 24.3 Å². The lowest BCUT2D eigenvalue weighted by Crippen LogP contribution is -2.37. The van der Waals surface area contributed by atoms with Gasteiger partial charge in [-0.2, -0.15) is 0 Å². The van der Waals surface area contributed by atoms with Crippen LogP contribution in [0.5, 0.6) is 0 Å². The highest BCUT2D eigenvalue weighted by Gasteiger charge is 2.09. The third kappa shape index (κ3) is 2.32. The molecule has 0 radical (unpaired) electrons. The molecule has 2 N–H and O–H groups in total. The van der Waals surface area contributed by atoms with E-state index in [0.717, 1.165) is 0 Å². The monoisotopic (exact) mass is 196 g/mol. The van der Waals surface area contributed by atoms with Gasteiger partial charge in [-0.05, 0) is 6.92 Å². The summed E-state index contributed by atoms with van der Waals surface area (Å²) in [5.74, 6) is 0.437. The quantitative estimate of drug-likeness (QED) is 0.712. The molecule has 14 heavy (non-hydrogen) atoms. The fourth-order valence-electron chi connectivity index (χ4n) is 1.26. The molecule has 0 saturated carbocycles. The summed E-state index contributed by atoms with van der Waals surface area (Å²) in [7, 11) is 3.51. The molecular weight excluding hydrogens is 180 g/mol. The van der Waals surface area contributed by atoms with Gasteiger partial charge in [0.05, 0.1) is 0 Å². The number of hydrogen-bond acceptors (Lipinski definition) is 4. The van der Waals surface area contributed by atoms with Gasteiger partial charge in [0.25, 0.3) is 5.56 Å². The summed E-state index contributed by atoms with van der Waals surface area (Å²) in [5, 5.41) is 0. The number of nitrogens with zero attached hydrogens (tertiary/aromatic N) is 3. The minimum absolute atomic E-state index is 0.0201. The van der Waals surface area contributed by atoms with Crippen LogP contribution in [-0.4, -0.2) is 29.2 Å². The van der Waals surface area contributed by atoms with Gasteiger partial charge in [0.2, 0.25) is 0 Å². The zero-order chi connectivity index (χ0) is 10.7. The van der Waals surface area contributed by atoms with E-state index in [2.05, 4.69) is 4.98 Å². The van der Waals surface area contributed by atoms with Gasteiger partial charge in [0, 0.05) is 39.1 Å². The van der Waals surface area contributed by atoms with Crippen molar-refractivity contribution in [2.75, 3.05) is 18.5 Å². The molecule has 1 unspecified atom stereocenters. The average Bonchev–Trinajstić information content (AvgIpc) is 2.08. The Kier molecular flexibility index (Phi) is 3.24. The number of rotatable bonds is 3. The van der Waals surface area contributed by atoms with Crippen molar-refractivity contribution >= 4 is 5.82 Å². The molecule has 78 valence electrons. The normalized spacial score (nSPS) is 12.6. The third-order valence-electron chi connectivity index (χ3n) is 1.92. The van der Waals surface area contributed by atoms with Gasteiger partial charge in [-0.25, -0.2) is 4.98 Å². The summed E-state index contributed by atoms with van der Waals surface area (Å²) in [6.45, 7) is 2.51. The lowest BCUT2D eigenvalue weighted by Gasteiger charge is -2.19. The molecule has 1 aromatic rings. The van der Waals surface area contributed by atoms with Crippen LogP contribution in [0.3, 0.4) is 0 Å². The Morgan fingerprint density at radius 3 is 2.93 bits per heavy atom. The average molecular weight is 196 g/mol. The zero-order valence-corrected chi connectivity index (χ0v) is 8.77. The van der Waals surface area contributed by atoms with Crippen LogP contribution in [0.15, 0.2) is 17.2 Å². The molecule has 0 aliphatic rings. The fraction of sp³-hybridized carbons (Fsp3) is 0.556. The first-order valence-corrected chi connectivity index (χ1v) is 4.50. The maximum Gasteiger partial charge on any atom is 0.293 e. The number of aromatic nitrogens is 2. The van der Waals surface area contributed by atoms with Crippen LogP contribution in [0.1, 0.15) is 6.92 Å². The Labute approximate surface area is 83.2 Å². The molecule has 5 heteroatoms. The van der Waals surface area contributed by atoms with E-state index in [-0.39, 0.29) is 11.6 Å². The van der Waals surface area contributed by atoms with Crippen molar-refractivity contribution in [3.8, 4) is 0 Å². The molecule has 0 aliphatic carbocycles. The molecule has 1 rings (SSSR count). The van der Waals surface area contributed by atoms with Crippen LogP contribution < -0.4 is 16.2 Å². The van der Waals surface area contributed by atoms with Gasteiger partial charge < -0.3 is 15.2 Å². The Bertz CT molecular complexity index is 358. The maximum absolute atomic E-state index is 11.6. The van der Waals surface area contributed by atoms with Crippen LogP contribution >= 0.6 is 0 Å². The molecule has 0 fully saturated rings. The van der Waals surface area contributed by atoms with Gasteiger partial charge in [-0.3, -0.25) is 4.79 Å². The Balaban J connectivity index is 2.96. The van der Waals surface area contributed by atoms with Gasteiger partial charge in [-0.1, -0.05) is 0 Å². The lowest BCUT2D eigenvalue weighted by molar-refractivity contribution is 0.701. The van der Waals surface area contributed by atoms with Crippen LogP contribution in [-0.2, 0) is 7.05 Å². The van der Waals surface area contributed by atoms with Gasteiger partial charge in [0.15, 0.2) is 5.82 Å². The molecule has 0 aliphatic heterocycles. The van der Waals surface area contributed by atoms with E-state index in [1.807, 2.05) is 14.0 Å². The second-order valence-corrected chi connectivity index (χ2v) is 3.52. The first-order chi connectivity index (χ1) is 6.52. The van der Waals surface area contributed by atoms with Crippen molar-refractivity contribution < 1.29 is 0 Å². The Morgan fingerprint density at radius 1 is 1.71 bits per heavy atom. The molecular formula is C9H16N4O. The second kappa shape index (κ2) is 4.23. The summed E-state index contributed by atoms with van der Waals surface area (Å²) in [5.41, 5.74) is 5.54. The predicted molar refractivity (Wildman–Crippen MR) is 56.4 cm³/mol. The molecule has 0 amide bonds. The summed E-state index contributed by atoms with van der Waals surface area (Å²) < 4.78 is 1.50. The van der Waals surface area contributed by atoms with Crippen LogP contribution in [0.4, 0.5) is 5.82 Å². The molecule has 1 aromatic heterocycles. The largest absolute Gasteiger partial charge is 0.354 e. The summed E-state index contributed by atoms with van der Waals surface area (Å²) >= 11 is 0. The van der Waals surface area contributed by atoms with Gasteiger partial charge in [-0.15, -0.1) is 0 Å². The minimum atomic E-state index is -0.101. The number of nitrogens with two attached hydrogens (primary N) is 1. The van der Waals surface area contributed by atoms with E-state index in [1.165, 1.54) is 4.57 Å². The van der Waals surface area contributed by atoms with Crippen molar-refractivity contribution in [3.63, 3.8) is 0 Å². The summed E-state index contributed by atoms with van der Waals surface area (Å²) in [4.78, 5) is 17.4. The van der Waals surface area contributed by atoms with Crippen LogP contribution in [0.25, 0.3) is 0 Å². The summed E-state index contributed by atoms with van der Waals surface area (Å²) in [6, 6.07) is 0.0201. The molecule has 0 saturated heterocycles. The topological polar surface area (TPSA) is 64.2 Å². The van der Waals surface area contributed by atoms with E-state index < -0.39 is 0 Å². The molecule has 1 heterocycles. The molecule has 5 nitrogen and oxygen atoms in total. The van der Waals surface area contributed by atoms with Crippen LogP contribution in [0, 0.1) is 0 Å². The highest BCUT2D eigenvalue weighted by atomic mass is 16.1. The predicted octanol–water partition coefficient (Wildman–Crippen LogP) is -0.436. The standard InChI is InChI=1S/C9H16N4O/c1-7(10)6-13(3)8-9(14)12(2)5-4-11-8/h4-5,7H,6,10H2,1-3H3. The molecule has 0 spiro atoms. The number of anilines is 1. The number of hydrogen-bond donors (Lipinski definition) is 1. The summed E-state index contributed by atoms with van der Waals surface area (Å²) in [6.07, 6.45) is 3.24. The minimum Gasteiger partial charge on any atom is -0.354 e. The van der Waals surface area contributed by atoms with Crippen molar-refractivity contribution in [2.24, 2.45) is 12.8 Å². The van der Waals surface area contributed by atoms with Crippen molar-refractivity contribution in [3.05, 3.63) is 22.7 Å². The first-order valence-electron chi connectivity index (χ1n) is 4.50. The SMILES string of the molecule is CC(N)CN(C)c1nccn(C)c1=O. The molecule has 1 atom stereocenters. The third-order valence-corrected chi connectivity index (χ3v) is 1.92. The number of likely N-dealkylation sites (N-methyl/N-ethyl adjacent to an activating group) is 1. The Hall–Kier alpha value is -1.36. The van der Waals surface area contributed by atoms with E-state index >= 15 is 0 Å². The Morgan fingerprint density at radius 2 is 2.36 bits per heavy atom. The van der Waals surface area contributed by atoms with E-state index in [9.17, 15) is 4.79 Å². The lowest BCUT2D eigenvalue weighted by atomic mass is 10.3. The smallest absolute Gasteiger partial charge is 0.293 e. The highest BCUT2D eigenvalue weighted by Crippen LogP contribution is 1.99. The van der Waals surface area contributed by atoms with Crippen molar-refractivity contribution in [1.82, 2.24) is 9.55 Å². The molecule has 0 aromatic carbocycles.